The predicted octanol–water partition coefficient (Wildman–Crippen LogP) is 3.64. The molecule has 0 aliphatic carbocycles. The van der Waals surface area contributed by atoms with Gasteiger partial charge in [-0.2, -0.15) is 0 Å². The molecule has 1 aromatic rings. The molecule has 0 radical (unpaired) electrons. The average molecular weight is 363 g/mol. The number of carbonyl (C=O) groups excluding carboxylic acids is 3. The SMILES string of the molecule is Cc1cc(C)c(C(=O)COC(=O)CCCNC(=O)OC(C)(C)C)cc1C. The molecule has 144 valence electrons. The number of esters is 1. The lowest BCUT2D eigenvalue weighted by Crippen LogP contribution is -2.33. The van der Waals surface area contributed by atoms with E-state index in [-0.39, 0.29) is 18.8 Å². The largest absolute Gasteiger partial charge is 0.457 e. The Morgan fingerprint density at radius 1 is 1.00 bits per heavy atom. The van der Waals surface area contributed by atoms with Crippen LogP contribution in [-0.2, 0) is 14.3 Å². The number of hydrogen-bond donors (Lipinski definition) is 1. The van der Waals surface area contributed by atoms with E-state index in [1.807, 2.05) is 32.9 Å². The van der Waals surface area contributed by atoms with Gasteiger partial charge < -0.3 is 14.8 Å². The van der Waals surface area contributed by atoms with Crippen LogP contribution in [0.2, 0.25) is 0 Å². The summed E-state index contributed by atoms with van der Waals surface area (Å²) >= 11 is 0. The van der Waals surface area contributed by atoms with E-state index in [1.54, 1.807) is 20.8 Å². The number of alkyl carbamates (subject to hydrolysis) is 1. The highest BCUT2D eigenvalue weighted by Gasteiger charge is 2.16. The fourth-order valence-corrected chi connectivity index (χ4v) is 2.29. The molecule has 0 unspecified atom stereocenters. The van der Waals surface area contributed by atoms with Crippen molar-refractivity contribution in [2.24, 2.45) is 0 Å². The Morgan fingerprint density at radius 2 is 1.62 bits per heavy atom. The number of nitrogens with one attached hydrogen (secondary N) is 1. The summed E-state index contributed by atoms with van der Waals surface area (Å²) in [6.07, 6.45) is 0.00969. The van der Waals surface area contributed by atoms with Crippen molar-refractivity contribution in [3.05, 3.63) is 34.4 Å². The van der Waals surface area contributed by atoms with Crippen LogP contribution in [0.5, 0.6) is 0 Å². The van der Waals surface area contributed by atoms with E-state index in [4.69, 9.17) is 9.47 Å². The first-order valence-corrected chi connectivity index (χ1v) is 8.73. The maximum Gasteiger partial charge on any atom is 0.407 e. The highest BCUT2D eigenvalue weighted by molar-refractivity contribution is 5.99. The predicted molar refractivity (Wildman–Crippen MR) is 99.4 cm³/mol. The summed E-state index contributed by atoms with van der Waals surface area (Å²) in [5, 5.41) is 2.57. The van der Waals surface area contributed by atoms with Gasteiger partial charge in [0.05, 0.1) is 0 Å². The van der Waals surface area contributed by atoms with Crippen LogP contribution >= 0.6 is 0 Å². The molecule has 0 saturated carbocycles. The lowest BCUT2D eigenvalue weighted by molar-refractivity contribution is -0.142. The molecule has 6 heteroatoms. The quantitative estimate of drug-likeness (QED) is 0.454. The van der Waals surface area contributed by atoms with Gasteiger partial charge in [-0.3, -0.25) is 9.59 Å². The van der Waals surface area contributed by atoms with Crippen molar-refractivity contribution in [1.82, 2.24) is 5.32 Å². The first-order chi connectivity index (χ1) is 12.0. The van der Waals surface area contributed by atoms with E-state index in [2.05, 4.69) is 5.32 Å². The molecule has 0 fully saturated rings. The third-order valence-electron chi connectivity index (χ3n) is 3.73. The highest BCUT2D eigenvalue weighted by atomic mass is 16.6. The van der Waals surface area contributed by atoms with E-state index in [0.29, 0.717) is 18.5 Å². The normalized spacial score (nSPS) is 11.0. The molecular formula is C20H29NO5. The maximum atomic E-state index is 12.2. The standard InChI is InChI=1S/C20H29NO5/c1-13-10-15(3)16(11-14(13)2)17(22)12-25-18(23)8-7-9-21-19(24)26-20(4,5)6/h10-11H,7-9,12H2,1-6H3,(H,21,24). The van der Waals surface area contributed by atoms with Crippen molar-refractivity contribution in [1.29, 1.82) is 0 Å². The summed E-state index contributed by atoms with van der Waals surface area (Å²) in [4.78, 5) is 35.4. The van der Waals surface area contributed by atoms with Gasteiger partial charge >= 0.3 is 12.1 Å². The topological polar surface area (TPSA) is 81.7 Å². The Morgan fingerprint density at radius 3 is 2.23 bits per heavy atom. The molecule has 0 aromatic heterocycles. The molecule has 0 bridgehead atoms. The molecule has 1 N–H and O–H groups in total. The monoisotopic (exact) mass is 363 g/mol. The first kappa shape index (κ1) is 21.7. The fraction of sp³-hybridized carbons (Fsp3) is 0.550. The van der Waals surface area contributed by atoms with Gasteiger partial charge in [-0.15, -0.1) is 0 Å². The van der Waals surface area contributed by atoms with Gasteiger partial charge in [0.2, 0.25) is 5.78 Å². The lowest BCUT2D eigenvalue weighted by Gasteiger charge is -2.19. The molecule has 26 heavy (non-hydrogen) atoms. The molecule has 0 heterocycles. The second-order valence-corrected chi connectivity index (χ2v) is 7.37. The molecule has 0 atom stereocenters. The number of amides is 1. The number of benzene rings is 1. The van der Waals surface area contributed by atoms with Crippen LogP contribution in [0.3, 0.4) is 0 Å². The third-order valence-corrected chi connectivity index (χ3v) is 3.73. The van der Waals surface area contributed by atoms with E-state index in [1.165, 1.54) is 0 Å². The summed E-state index contributed by atoms with van der Waals surface area (Å²) in [5.74, 6) is -0.684. The van der Waals surface area contributed by atoms with Crippen LogP contribution in [0.1, 0.15) is 60.7 Å². The minimum Gasteiger partial charge on any atom is -0.457 e. The number of carbonyl (C=O) groups is 3. The molecule has 1 amide bonds. The molecule has 0 spiro atoms. The van der Waals surface area contributed by atoms with Gasteiger partial charge in [0.15, 0.2) is 6.61 Å². The van der Waals surface area contributed by atoms with Crippen molar-refractivity contribution in [3.8, 4) is 0 Å². The van der Waals surface area contributed by atoms with Crippen LogP contribution in [0.4, 0.5) is 4.79 Å². The zero-order chi connectivity index (χ0) is 19.9. The number of ether oxygens (including phenoxy) is 2. The maximum absolute atomic E-state index is 12.2. The van der Waals surface area contributed by atoms with E-state index >= 15 is 0 Å². The first-order valence-electron chi connectivity index (χ1n) is 8.73. The van der Waals surface area contributed by atoms with Gasteiger partial charge in [0.25, 0.3) is 0 Å². The highest BCUT2D eigenvalue weighted by Crippen LogP contribution is 2.16. The molecule has 1 aromatic carbocycles. The summed E-state index contributed by atoms with van der Waals surface area (Å²) < 4.78 is 10.1. The van der Waals surface area contributed by atoms with Gasteiger partial charge in [0.1, 0.15) is 5.60 Å². The Balaban J connectivity index is 2.33. The van der Waals surface area contributed by atoms with E-state index < -0.39 is 17.7 Å². The van der Waals surface area contributed by atoms with Crippen LogP contribution in [-0.4, -0.2) is 36.6 Å². The summed E-state index contributed by atoms with van der Waals surface area (Å²) in [5.41, 5.74) is 3.03. The van der Waals surface area contributed by atoms with Gasteiger partial charge in [0, 0.05) is 18.5 Å². The van der Waals surface area contributed by atoms with Crippen LogP contribution in [0, 0.1) is 20.8 Å². The third kappa shape index (κ3) is 7.68. The van der Waals surface area contributed by atoms with Crippen molar-refractivity contribution >= 4 is 17.8 Å². The van der Waals surface area contributed by atoms with Gasteiger partial charge in [-0.25, -0.2) is 4.79 Å². The number of aryl methyl sites for hydroxylation is 3. The summed E-state index contributed by atoms with van der Waals surface area (Å²) in [7, 11) is 0. The molecule has 1 rings (SSSR count). The summed E-state index contributed by atoms with van der Waals surface area (Å²) in [6, 6.07) is 3.78. The fourth-order valence-electron chi connectivity index (χ4n) is 2.29. The Labute approximate surface area is 155 Å². The minimum absolute atomic E-state index is 0.120. The number of hydrogen-bond acceptors (Lipinski definition) is 5. The summed E-state index contributed by atoms with van der Waals surface area (Å²) in [6.45, 7) is 11.1. The number of rotatable bonds is 7. The smallest absolute Gasteiger partial charge is 0.407 e. The molecular weight excluding hydrogens is 334 g/mol. The average Bonchev–Trinajstić information content (AvgIpc) is 2.51. The Bertz CT molecular complexity index is 674. The Kier molecular flexibility index (Phi) is 7.80. The number of ketones is 1. The van der Waals surface area contributed by atoms with Crippen LogP contribution < -0.4 is 5.32 Å². The van der Waals surface area contributed by atoms with E-state index in [0.717, 1.165) is 16.7 Å². The van der Waals surface area contributed by atoms with E-state index in [9.17, 15) is 14.4 Å². The molecule has 0 aliphatic heterocycles. The van der Waals surface area contributed by atoms with Crippen molar-refractivity contribution in [2.75, 3.05) is 13.2 Å². The van der Waals surface area contributed by atoms with Crippen molar-refractivity contribution in [2.45, 2.75) is 60.0 Å². The zero-order valence-corrected chi connectivity index (χ0v) is 16.5. The lowest BCUT2D eigenvalue weighted by atomic mass is 9.98. The molecule has 6 nitrogen and oxygen atoms in total. The second-order valence-electron chi connectivity index (χ2n) is 7.37. The van der Waals surface area contributed by atoms with Gasteiger partial charge in [-0.05, 0) is 70.7 Å². The molecule has 0 saturated heterocycles. The zero-order valence-electron chi connectivity index (χ0n) is 16.5. The Hall–Kier alpha value is -2.37. The van der Waals surface area contributed by atoms with Gasteiger partial charge in [-0.1, -0.05) is 6.07 Å². The van der Waals surface area contributed by atoms with Crippen molar-refractivity contribution < 1.29 is 23.9 Å². The second kappa shape index (κ2) is 9.36. The number of Topliss-reactive ketones (excluding diaryl/α,β-unsaturated/α-hetero) is 1. The van der Waals surface area contributed by atoms with Crippen molar-refractivity contribution in [3.63, 3.8) is 0 Å². The van der Waals surface area contributed by atoms with Crippen LogP contribution in [0.15, 0.2) is 12.1 Å². The minimum atomic E-state index is -0.560. The van der Waals surface area contributed by atoms with Crippen LogP contribution in [0.25, 0.3) is 0 Å². The molecule has 0 aliphatic rings.